The molecule has 0 aliphatic heterocycles. The number of amides is 1. The van der Waals surface area contributed by atoms with Crippen LogP contribution in [0.1, 0.15) is 12.5 Å². The maximum Gasteiger partial charge on any atom is 0.266 e. The normalized spacial score (nSPS) is 10.8. The number of ether oxygens (including phenoxy) is 1. The summed E-state index contributed by atoms with van der Waals surface area (Å²) in [7, 11) is 0. The average Bonchev–Trinajstić information content (AvgIpc) is 2.57. The van der Waals surface area contributed by atoms with E-state index in [-0.39, 0.29) is 11.3 Å². The molecule has 0 heterocycles. The Morgan fingerprint density at radius 1 is 1.38 bits per heavy atom. The SMILES string of the molecule is CCOc1ccc(Br)cc1/C=C(/C#N)C(=O)Nc1ccccc1F. The Morgan fingerprint density at radius 2 is 2.12 bits per heavy atom. The highest BCUT2D eigenvalue weighted by molar-refractivity contribution is 9.10. The van der Waals surface area contributed by atoms with E-state index in [0.717, 1.165) is 4.47 Å². The lowest BCUT2D eigenvalue weighted by molar-refractivity contribution is -0.112. The number of carbonyl (C=O) groups excluding carboxylic acids is 1. The van der Waals surface area contributed by atoms with Gasteiger partial charge in [0.25, 0.3) is 5.91 Å². The summed E-state index contributed by atoms with van der Waals surface area (Å²) >= 11 is 3.34. The molecule has 2 aromatic carbocycles. The van der Waals surface area contributed by atoms with E-state index < -0.39 is 11.7 Å². The number of hydrogen-bond donors (Lipinski definition) is 1. The molecule has 4 nitrogen and oxygen atoms in total. The molecular weight excluding hydrogens is 375 g/mol. The standard InChI is InChI=1S/C18H14BrFN2O2/c1-2-24-17-8-7-14(19)10-12(17)9-13(11-21)18(23)22-16-6-4-3-5-15(16)20/h3-10H,2H2,1H3,(H,22,23)/b13-9-. The van der Waals surface area contributed by atoms with Crippen molar-refractivity contribution in [2.45, 2.75) is 6.92 Å². The smallest absolute Gasteiger partial charge is 0.266 e. The minimum absolute atomic E-state index is 0.0166. The maximum absolute atomic E-state index is 13.6. The van der Waals surface area contributed by atoms with Crippen molar-refractivity contribution in [1.29, 1.82) is 5.26 Å². The summed E-state index contributed by atoms with van der Waals surface area (Å²) in [6.45, 7) is 2.29. The number of para-hydroxylation sites is 1. The molecule has 0 saturated heterocycles. The number of rotatable bonds is 5. The summed E-state index contributed by atoms with van der Waals surface area (Å²) in [6.07, 6.45) is 1.41. The molecule has 0 aliphatic carbocycles. The predicted molar refractivity (Wildman–Crippen MR) is 93.9 cm³/mol. The fraction of sp³-hybridized carbons (Fsp3) is 0.111. The van der Waals surface area contributed by atoms with Gasteiger partial charge in [0, 0.05) is 10.0 Å². The van der Waals surface area contributed by atoms with E-state index in [9.17, 15) is 14.4 Å². The lowest BCUT2D eigenvalue weighted by Crippen LogP contribution is -2.14. The van der Waals surface area contributed by atoms with Gasteiger partial charge in [-0.15, -0.1) is 0 Å². The number of carbonyl (C=O) groups is 1. The fourth-order valence-corrected chi connectivity index (χ4v) is 2.35. The first-order valence-corrected chi connectivity index (χ1v) is 7.94. The van der Waals surface area contributed by atoms with Crippen LogP contribution >= 0.6 is 15.9 Å². The monoisotopic (exact) mass is 388 g/mol. The maximum atomic E-state index is 13.6. The van der Waals surface area contributed by atoms with Crippen LogP contribution in [0.5, 0.6) is 5.75 Å². The number of nitriles is 1. The Balaban J connectivity index is 2.33. The Hall–Kier alpha value is -2.65. The Bertz CT molecular complexity index is 828. The van der Waals surface area contributed by atoms with Gasteiger partial charge in [-0.3, -0.25) is 4.79 Å². The molecule has 24 heavy (non-hydrogen) atoms. The molecule has 1 amide bonds. The highest BCUT2D eigenvalue weighted by atomic mass is 79.9. The molecule has 6 heteroatoms. The zero-order valence-electron chi connectivity index (χ0n) is 12.8. The zero-order chi connectivity index (χ0) is 17.5. The van der Waals surface area contributed by atoms with Crippen molar-refractivity contribution in [3.8, 4) is 11.8 Å². The van der Waals surface area contributed by atoms with Crippen LogP contribution in [0.15, 0.2) is 52.5 Å². The van der Waals surface area contributed by atoms with E-state index in [2.05, 4.69) is 21.2 Å². The first kappa shape index (κ1) is 17.7. The molecule has 0 saturated carbocycles. The molecule has 0 radical (unpaired) electrons. The third-order valence-corrected chi connectivity index (χ3v) is 3.55. The van der Waals surface area contributed by atoms with Gasteiger partial charge in [0.15, 0.2) is 0 Å². The Morgan fingerprint density at radius 3 is 2.79 bits per heavy atom. The number of nitrogens with one attached hydrogen (secondary N) is 1. The van der Waals surface area contributed by atoms with Crippen molar-refractivity contribution in [2.75, 3.05) is 11.9 Å². The molecule has 2 rings (SSSR count). The van der Waals surface area contributed by atoms with Crippen LogP contribution in [-0.4, -0.2) is 12.5 Å². The molecule has 0 unspecified atom stereocenters. The van der Waals surface area contributed by atoms with Crippen molar-refractivity contribution < 1.29 is 13.9 Å². The van der Waals surface area contributed by atoms with E-state index in [4.69, 9.17) is 4.74 Å². The van der Waals surface area contributed by atoms with E-state index >= 15 is 0 Å². The minimum Gasteiger partial charge on any atom is -0.493 e. The van der Waals surface area contributed by atoms with Crippen LogP contribution in [0, 0.1) is 17.1 Å². The van der Waals surface area contributed by atoms with Crippen molar-refractivity contribution in [3.05, 3.63) is 63.9 Å². The fourth-order valence-electron chi connectivity index (χ4n) is 1.98. The van der Waals surface area contributed by atoms with Gasteiger partial charge < -0.3 is 10.1 Å². The van der Waals surface area contributed by atoms with E-state index in [1.165, 1.54) is 24.3 Å². The number of hydrogen-bond acceptors (Lipinski definition) is 3. The van der Waals surface area contributed by atoms with Gasteiger partial charge in [0.1, 0.15) is 23.2 Å². The number of nitrogens with zero attached hydrogens (tertiary/aromatic N) is 1. The van der Waals surface area contributed by atoms with E-state index in [0.29, 0.717) is 17.9 Å². The molecule has 0 aliphatic rings. The van der Waals surface area contributed by atoms with Crippen LogP contribution in [0.2, 0.25) is 0 Å². The topological polar surface area (TPSA) is 62.1 Å². The molecule has 1 N–H and O–H groups in total. The zero-order valence-corrected chi connectivity index (χ0v) is 14.4. The Labute approximate surface area is 147 Å². The van der Waals surface area contributed by atoms with Crippen molar-refractivity contribution in [1.82, 2.24) is 0 Å². The van der Waals surface area contributed by atoms with Gasteiger partial charge in [0.2, 0.25) is 0 Å². The lowest BCUT2D eigenvalue weighted by Gasteiger charge is -2.09. The van der Waals surface area contributed by atoms with Crippen LogP contribution in [0.25, 0.3) is 6.08 Å². The molecule has 0 aromatic heterocycles. The predicted octanol–water partition coefficient (Wildman–Crippen LogP) is 4.53. The summed E-state index contributed by atoms with van der Waals surface area (Å²) in [4.78, 5) is 12.2. The summed E-state index contributed by atoms with van der Waals surface area (Å²) in [5.74, 6) is -0.710. The van der Waals surface area contributed by atoms with Crippen molar-refractivity contribution in [2.24, 2.45) is 0 Å². The molecule has 122 valence electrons. The number of benzene rings is 2. The third kappa shape index (κ3) is 4.43. The molecule has 0 spiro atoms. The first-order valence-electron chi connectivity index (χ1n) is 7.15. The van der Waals surface area contributed by atoms with Crippen LogP contribution in [0.3, 0.4) is 0 Å². The largest absolute Gasteiger partial charge is 0.493 e. The van der Waals surface area contributed by atoms with Crippen LogP contribution in [-0.2, 0) is 4.79 Å². The number of halogens is 2. The first-order chi connectivity index (χ1) is 11.5. The summed E-state index contributed by atoms with van der Waals surface area (Å²) in [6, 6.07) is 12.9. The molecular formula is C18H14BrFN2O2. The van der Waals surface area contributed by atoms with Crippen LogP contribution in [0.4, 0.5) is 10.1 Å². The van der Waals surface area contributed by atoms with Crippen molar-refractivity contribution >= 4 is 33.6 Å². The van der Waals surface area contributed by atoms with Crippen LogP contribution < -0.4 is 10.1 Å². The second-order valence-corrected chi connectivity index (χ2v) is 5.63. The van der Waals surface area contributed by atoms with Crippen molar-refractivity contribution in [3.63, 3.8) is 0 Å². The number of anilines is 1. The second-order valence-electron chi connectivity index (χ2n) is 4.72. The minimum atomic E-state index is -0.690. The highest BCUT2D eigenvalue weighted by Gasteiger charge is 2.13. The molecule has 0 fully saturated rings. The van der Waals surface area contributed by atoms with Gasteiger partial charge in [0.05, 0.1) is 12.3 Å². The Kier molecular flexibility index (Phi) is 6.10. The molecule has 0 atom stereocenters. The second kappa shape index (κ2) is 8.27. The van der Waals surface area contributed by atoms with Gasteiger partial charge in [-0.2, -0.15) is 5.26 Å². The van der Waals surface area contributed by atoms with E-state index in [1.54, 1.807) is 24.3 Å². The molecule has 0 bridgehead atoms. The van der Waals surface area contributed by atoms with Gasteiger partial charge >= 0.3 is 0 Å². The lowest BCUT2D eigenvalue weighted by atomic mass is 10.1. The van der Waals surface area contributed by atoms with Gasteiger partial charge in [-0.1, -0.05) is 28.1 Å². The molecule has 2 aromatic rings. The summed E-state index contributed by atoms with van der Waals surface area (Å²) in [5.41, 5.74) is 0.437. The highest BCUT2D eigenvalue weighted by Crippen LogP contribution is 2.26. The summed E-state index contributed by atoms with van der Waals surface area (Å²) in [5, 5.41) is 11.7. The third-order valence-electron chi connectivity index (χ3n) is 3.06. The van der Waals surface area contributed by atoms with Gasteiger partial charge in [-0.05, 0) is 43.3 Å². The van der Waals surface area contributed by atoms with E-state index in [1.807, 2.05) is 13.0 Å². The van der Waals surface area contributed by atoms with Gasteiger partial charge in [-0.25, -0.2) is 4.39 Å². The summed E-state index contributed by atoms with van der Waals surface area (Å²) < 4.78 is 19.9. The average molecular weight is 389 g/mol. The quantitative estimate of drug-likeness (QED) is 0.604.